The molecule has 17 N–H and O–H groups in total. The SMILES string of the molecule is C[C@H](N)C(=O)N[C@@H](CCCN=C(N)N)C(=O)N[C@H](C(=O)N[C@@H](CCCCN)C(=O)N[C@@H](CCC(N)=O)C(=O)N[C@H](C=O)[C@@H](C)O)[C@@H](C)O. The summed E-state index contributed by atoms with van der Waals surface area (Å²) in [6.07, 6.45) is -1.95. The molecule has 0 saturated heterocycles. The molecule has 0 aromatic rings. The zero-order chi connectivity index (χ0) is 37.0. The highest BCUT2D eigenvalue weighted by Gasteiger charge is 2.34. The molecule has 0 aliphatic heterocycles. The minimum Gasteiger partial charge on any atom is -0.391 e. The van der Waals surface area contributed by atoms with E-state index >= 15 is 0 Å². The van der Waals surface area contributed by atoms with Crippen molar-refractivity contribution >= 4 is 47.7 Å². The summed E-state index contributed by atoms with van der Waals surface area (Å²) in [6.45, 7) is 4.29. The Morgan fingerprint density at radius 2 is 1.19 bits per heavy atom. The van der Waals surface area contributed by atoms with Crippen LogP contribution in [0.5, 0.6) is 0 Å². The van der Waals surface area contributed by atoms with Gasteiger partial charge >= 0.3 is 0 Å². The van der Waals surface area contributed by atoms with Crippen molar-refractivity contribution in [3.8, 4) is 0 Å². The topological polar surface area (TPSA) is 363 Å². The van der Waals surface area contributed by atoms with Crippen molar-refractivity contribution in [1.82, 2.24) is 26.6 Å². The third-order valence-corrected chi connectivity index (χ3v) is 6.92. The van der Waals surface area contributed by atoms with Crippen LogP contribution in [-0.2, 0) is 33.6 Å². The molecule has 0 fully saturated rings. The molecule has 274 valence electrons. The average Bonchev–Trinajstić information content (AvgIpc) is 3.00. The van der Waals surface area contributed by atoms with Crippen molar-refractivity contribution in [3.63, 3.8) is 0 Å². The summed E-state index contributed by atoms with van der Waals surface area (Å²) in [7, 11) is 0. The van der Waals surface area contributed by atoms with E-state index in [1.54, 1.807) is 0 Å². The molecule has 0 radical (unpaired) electrons. The molecular formula is C28H53N11O9. The molecule has 20 nitrogen and oxygen atoms in total. The molecule has 0 rings (SSSR count). The van der Waals surface area contributed by atoms with Crippen LogP contribution in [0.4, 0.5) is 0 Å². The Morgan fingerprint density at radius 3 is 1.67 bits per heavy atom. The van der Waals surface area contributed by atoms with E-state index in [4.69, 9.17) is 28.7 Å². The number of hydrogen-bond acceptors (Lipinski definition) is 12. The van der Waals surface area contributed by atoms with Crippen LogP contribution in [-0.4, -0.2) is 119 Å². The van der Waals surface area contributed by atoms with Gasteiger partial charge in [-0.3, -0.25) is 33.8 Å². The molecule has 0 saturated carbocycles. The standard InChI is InChI=1S/C28H53N11O9/c1-14(30)23(44)35-18(8-6-12-34-28(32)33)26(47)39-22(16(3)42)27(48)37-17(7-4-5-11-29)24(45)36-19(9-10-21(31)43)25(46)38-20(13-40)15(2)41/h13-20,22,41-42H,4-12,29-30H2,1-3H3,(H2,31,43)(H,35,44)(H,36,45)(H,37,48)(H,38,46)(H,39,47)(H4,32,33,34)/t14-,15+,16+,17-,18-,19-,20+,22-/m0/s1. The van der Waals surface area contributed by atoms with Gasteiger partial charge in [0.1, 0.15) is 36.5 Å². The summed E-state index contributed by atoms with van der Waals surface area (Å²) in [5.74, 6) is -5.20. The minimum atomic E-state index is -1.61. The first-order valence-electron chi connectivity index (χ1n) is 15.6. The molecule has 0 aliphatic rings. The predicted molar refractivity (Wildman–Crippen MR) is 174 cm³/mol. The average molecular weight is 688 g/mol. The van der Waals surface area contributed by atoms with E-state index in [1.165, 1.54) is 20.8 Å². The molecule has 0 heterocycles. The van der Waals surface area contributed by atoms with E-state index in [2.05, 4.69) is 31.6 Å². The number of nitrogens with one attached hydrogen (secondary N) is 5. The molecule has 20 heteroatoms. The lowest BCUT2D eigenvalue weighted by atomic mass is 10.0. The summed E-state index contributed by atoms with van der Waals surface area (Å²) in [6, 6.07) is -7.81. The second-order valence-electron chi connectivity index (χ2n) is 11.3. The van der Waals surface area contributed by atoms with Crippen LogP contribution in [0.15, 0.2) is 4.99 Å². The summed E-state index contributed by atoms with van der Waals surface area (Å²) >= 11 is 0. The van der Waals surface area contributed by atoms with Crippen molar-refractivity contribution < 1.29 is 43.8 Å². The molecule has 0 unspecified atom stereocenters. The first-order valence-corrected chi connectivity index (χ1v) is 15.6. The molecule has 6 amide bonds. The molecule has 0 aromatic carbocycles. The Morgan fingerprint density at radius 1 is 0.688 bits per heavy atom. The Kier molecular flexibility index (Phi) is 20.9. The van der Waals surface area contributed by atoms with Gasteiger partial charge in [0.05, 0.1) is 18.2 Å². The zero-order valence-corrected chi connectivity index (χ0v) is 27.6. The number of carbonyl (C=O) groups excluding carboxylic acids is 7. The Bertz CT molecular complexity index is 1110. The maximum Gasteiger partial charge on any atom is 0.245 e. The molecule has 0 aliphatic carbocycles. The van der Waals surface area contributed by atoms with Gasteiger partial charge in [0.2, 0.25) is 35.4 Å². The Labute approximate surface area is 279 Å². The number of nitrogens with two attached hydrogens (primary N) is 5. The van der Waals surface area contributed by atoms with E-state index < -0.39 is 83.9 Å². The number of rotatable bonds is 24. The monoisotopic (exact) mass is 687 g/mol. The van der Waals surface area contributed by atoms with Gasteiger partial charge in [0.25, 0.3) is 0 Å². The number of aldehydes is 1. The number of carbonyl (C=O) groups is 7. The van der Waals surface area contributed by atoms with Gasteiger partial charge in [-0.25, -0.2) is 0 Å². The van der Waals surface area contributed by atoms with Crippen LogP contribution in [0.3, 0.4) is 0 Å². The van der Waals surface area contributed by atoms with E-state index in [0.29, 0.717) is 19.1 Å². The van der Waals surface area contributed by atoms with E-state index in [0.717, 1.165) is 0 Å². The predicted octanol–water partition coefficient (Wildman–Crippen LogP) is -5.83. The first kappa shape index (κ1) is 43.6. The number of nitrogens with zero attached hydrogens (tertiary/aromatic N) is 1. The quantitative estimate of drug-likeness (QED) is 0.0195. The lowest BCUT2D eigenvalue weighted by Gasteiger charge is -2.28. The van der Waals surface area contributed by atoms with E-state index in [9.17, 15) is 43.8 Å². The Balaban J connectivity index is 6.07. The van der Waals surface area contributed by atoms with Crippen molar-refractivity contribution in [1.29, 1.82) is 0 Å². The van der Waals surface area contributed by atoms with Crippen LogP contribution in [0.2, 0.25) is 0 Å². The summed E-state index contributed by atoms with van der Waals surface area (Å²) < 4.78 is 0. The van der Waals surface area contributed by atoms with Crippen molar-refractivity contribution in [2.75, 3.05) is 13.1 Å². The smallest absolute Gasteiger partial charge is 0.245 e. The molecule has 0 spiro atoms. The second kappa shape index (κ2) is 23.0. The van der Waals surface area contributed by atoms with Gasteiger partial charge in [-0.05, 0) is 65.8 Å². The van der Waals surface area contributed by atoms with Gasteiger partial charge in [-0.1, -0.05) is 0 Å². The highest BCUT2D eigenvalue weighted by atomic mass is 16.3. The van der Waals surface area contributed by atoms with E-state index in [-0.39, 0.29) is 51.2 Å². The fourth-order valence-electron chi connectivity index (χ4n) is 4.12. The van der Waals surface area contributed by atoms with Crippen molar-refractivity contribution in [2.24, 2.45) is 33.7 Å². The van der Waals surface area contributed by atoms with Crippen LogP contribution in [0, 0.1) is 0 Å². The van der Waals surface area contributed by atoms with Gasteiger partial charge < -0.3 is 70.3 Å². The largest absolute Gasteiger partial charge is 0.391 e. The number of aliphatic hydroxyl groups excluding tert-OH is 2. The molecule has 0 bridgehead atoms. The number of guanidine groups is 1. The van der Waals surface area contributed by atoms with Crippen LogP contribution in [0.1, 0.15) is 65.7 Å². The van der Waals surface area contributed by atoms with Crippen molar-refractivity contribution in [2.45, 2.75) is 114 Å². The normalized spacial score (nSPS) is 15.9. The number of amides is 6. The maximum atomic E-state index is 13.4. The molecule has 8 atom stereocenters. The number of primary amides is 1. The molecule has 0 aromatic heterocycles. The fraction of sp³-hybridized carbons (Fsp3) is 0.714. The van der Waals surface area contributed by atoms with Crippen LogP contribution in [0.25, 0.3) is 0 Å². The van der Waals surface area contributed by atoms with Gasteiger partial charge in [-0.2, -0.15) is 0 Å². The lowest BCUT2D eigenvalue weighted by Crippen LogP contribution is -2.61. The third kappa shape index (κ3) is 17.5. The van der Waals surface area contributed by atoms with E-state index in [1.807, 2.05) is 0 Å². The summed E-state index contributed by atoms with van der Waals surface area (Å²) in [4.78, 5) is 91.8. The highest BCUT2D eigenvalue weighted by molar-refractivity contribution is 5.96. The minimum absolute atomic E-state index is 0.0158. The van der Waals surface area contributed by atoms with Crippen LogP contribution < -0.4 is 55.3 Å². The highest BCUT2D eigenvalue weighted by Crippen LogP contribution is 2.07. The van der Waals surface area contributed by atoms with Crippen LogP contribution >= 0.6 is 0 Å². The first-order chi connectivity index (χ1) is 22.4. The van der Waals surface area contributed by atoms with Crippen molar-refractivity contribution in [3.05, 3.63) is 0 Å². The van der Waals surface area contributed by atoms with Gasteiger partial charge in [-0.15, -0.1) is 0 Å². The Hall–Kier alpha value is -4.40. The fourth-order valence-corrected chi connectivity index (χ4v) is 4.12. The summed E-state index contributed by atoms with van der Waals surface area (Å²) in [5.41, 5.74) is 27.0. The number of aliphatic imine (C=N–C) groups is 1. The zero-order valence-electron chi connectivity index (χ0n) is 27.6. The number of aliphatic hydroxyl groups is 2. The van der Waals surface area contributed by atoms with Gasteiger partial charge in [0, 0.05) is 13.0 Å². The lowest BCUT2D eigenvalue weighted by molar-refractivity contribution is -0.136. The maximum absolute atomic E-state index is 13.4. The second-order valence-corrected chi connectivity index (χ2v) is 11.3. The van der Waals surface area contributed by atoms with Gasteiger partial charge in [0.15, 0.2) is 5.96 Å². The molecular weight excluding hydrogens is 634 g/mol. The number of hydrogen-bond donors (Lipinski definition) is 12. The molecule has 48 heavy (non-hydrogen) atoms. The number of unbranched alkanes of at least 4 members (excludes halogenated alkanes) is 1. The summed E-state index contributed by atoms with van der Waals surface area (Å²) in [5, 5.41) is 32.2. The third-order valence-electron chi connectivity index (χ3n) is 6.92.